The van der Waals surface area contributed by atoms with Gasteiger partial charge in [0.2, 0.25) is 0 Å². The van der Waals surface area contributed by atoms with E-state index in [1.165, 1.54) is 0 Å². The van der Waals surface area contributed by atoms with Crippen molar-refractivity contribution in [3.05, 3.63) is 53.3 Å². The number of ether oxygens (including phenoxy) is 2. The van der Waals surface area contributed by atoms with Gasteiger partial charge in [-0.3, -0.25) is 4.79 Å². The normalized spacial score (nSPS) is 11.1. The van der Waals surface area contributed by atoms with E-state index in [-0.39, 0.29) is 35.8 Å². The lowest BCUT2D eigenvalue weighted by Gasteiger charge is -2.07. The van der Waals surface area contributed by atoms with E-state index in [1.54, 1.807) is 24.4 Å². The first kappa shape index (κ1) is 23.5. The molecule has 2 aromatic heterocycles. The first-order chi connectivity index (χ1) is 15.5. The molecule has 3 rings (SSSR count). The summed E-state index contributed by atoms with van der Waals surface area (Å²) in [4.78, 5) is 39.4. The number of ketones is 1. The molecule has 0 bridgehead atoms. The van der Waals surface area contributed by atoms with Crippen molar-refractivity contribution < 1.29 is 23.9 Å². The fourth-order valence-electron chi connectivity index (χ4n) is 4.10. The maximum absolute atomic E-state index is 13.5. The molecule has 2 heterocycles. The third-order valence-electron chi connectivity index (χ3n) is 5.56. The van der Waals surface area contributed by atoms with Crippen molar-refractivity contribution in [1.82, 2.24) is 4.40 Å². The van der Waals surface area contributed by atoms with Crippen LogP contribution in [0.1, 0.15) is 90.5 Å². The standard InChI is InChI=1S/C26H31NO5/c1-4-7-8-9-10-15-20(28)21-22(25(29)31-5-2)24(26(30)32-6-3)27-17-16-18-13-11-12-14-19(18)23(21)27/h11-14,16-17H,4-10,15H2,1-3H3. The minimum atomic E-state index is -0.683. The Morgan fingerprint density at radius 1 is 0.812 bits per heavy atom. The van der Waals surface area contributed by atoms with Gasteiger partial charge in [-0.25, -0.2) is 9.59 Å². The molecule has 0 aliphatic heterocycles. The van der Waals surface area contributed by atoms with E-state index < -0.39 is 11.9 Å². The summed E-state index contributed by atoms with van der Waals surface area (Å²) in [7, 11) is 0. The number of esters is 2. The Kier molecular flexibility index (Phi) is 8.03. The first-order valence-corrected chi connectivity index (χ1v) is 11.5. The monoisotopic (exact) mass is 437 g/mol. The highest BCUT2D eigenvalue weighted by Crippen LogP contribution is 2.32. The fraction of sp³-hybridized carbons (Fsp3) is 0.423. The summed E-state index contributed by atoms with van der Waals surface area (Å²) in [5, 5.41) is 1.71. The molecule has 32 heavy (non-hydrogen) atoms. The van der Waals surface area contributed by atoms with Crippen LogP contribution in [0.15, 0.2) is 36.5 Å². The van der Waals surface area contributed by atoms with Crippen molar-refractivity contribution in [3.63, 3.8) is 0 Å². The Morgan fingerprint density at radius 2 is 1.50 bits per heavy atom. The third-order valence-corrected chi connectivity index (χ3v) is 5.56. The second-order valence-corrected chi connectivity index (χ2v) is 7.75. The number of benzene rings is 1. The second-order valence-electron chi connectivity index (χ2n) is 7.75. The number of nitrogens with zero attached hydrogens (tertiary/aromatic N) is 1. The van der Waals surface area contributed by atoms with E-state index >= 15 is 0 Å². The van der Waals surface area contributed by atoms with Crippen molar-refractivity contribution in [1.29, 1.82) is 0 Å². The van der Waals surface area contributed by atoms with Crippen LogP contribution in [0, 0.1) is 0 Å². The van der Waals surface area contributed by atoms with Gasteiger partial charge in [0.1, 0.15) is 11.3 Å². The van der Waals surface area contributed by atoms with Crippen LogP contribution in [0.25, 0.3) is 16.3 Å². The molecule has 0 unspecified atom stereocenters. The number of Topliss-reactive ketones (excluding diaryl/α,β-unsaturated/α-hetero) is 1. The van der Waals surface area contributed by atoms with Crippen LogP contribution in [-0.2, 0) is 9.47 Å². The summed E-state index contributed by atoms with van der Waals surface area (Å²) in [5.41, 5.74) is 0.840. The SMILES string of the molecule is CCCCCCCC(=O)c1c(C(=O)OCC)c(C(=O)OCC)n2ccc3ccccc3c12. The van der Waals surface area contributed by atoms with Gasteiger partial charge in [-0.05, 0) is 31.7 Å². The number of carbonyl (C=O) groups excluding carboxylic acids is 3. The van der Waals surface area contributed by atoms with Crippen LogP contribution in [0.4, 0.5) is 0 Å². The number of hydrogen-bond donors (Lipinski definition) is 0. The molecule has 0 fully saturated rings. The van der Waals surface area contributed by atoms with Crippen LogP contribution in [-0.4, -0.2) is 35.3 Å². The summed E-state index contributed by atoms with van der Waals surface area (Å²) < 4.78 is 12.1. The molecule has 170 valence electrons. The maximum Gasteiger partial charge on any atom is 0.356 e. The molecule has 0 atom stereocenters. The van der Waals surface area contributed by atoms with E-state index in [4.69, 9.17) is 9.47 Å². The van der Waals surface area contributed by atoms with Crippen LogP contribution in [0.3, 0.4) is 0 Å². The van der Waals surface area contributed by atoms with Gasteiger partial charge in [0, 0.05) is 18.0 Å². The Labute approximate surface area is 188 Å². The highest BCUT2D eigenvalue weighted by molar-refractivity contribution is 6.20. The molecule has 0 radical (unpaired) electrons. The van der Waals surface area contributed by atoms with Gasteiger partial charge >= 0.3 is 11.9 Å². The molecular weight excluding hydrogens is 406 g/mol. The van der Waals surface area contributed by atoms with Gasteiger partial charge in [-0.1, -0.05) is 56.9 Å². The van der Waals surface area contributed by atoms with Crippen molar-refractivity contribution in [3.8, 4) is 0 Å². The highest BCUT2D eigenvalue weighted by atomic mass is 16.5. The first-order valence-electron chi connectivity index (χ1n) is 11.5. The number of unbranched alkanes of at least 4 members (excludes halogenated alkanes) is 4. The number of fused-ring (bicyclic) bond motifs is 3. The Hall–Kier alpha value is -3.15. The maximum atomic E-state index is 13.5. The zero-order valence-electron chi connectivity index (χ0n) is 19.1. The highest BCUT2D eigenvalue weighted by Gasteiger charge is 2.33. The average molecular weight is 438 g/mol. The summed E-state index contributed by atoms with van der Waals surface area (Å²) in [6.45, 7) is 5.84. The molecule has 0 N–H and O–H groups in total. The summed E-state index contributed by atoms with van der Waals surface area (Å²) in [6.07, 6.45) is 7.03. The van der Waals surface area contributed by atoms with Crippen LogP contribution in [0.5, 0.6) is 0 Å². The van der Waals surface area contributed by atoms with Gasteiger partial charge in [0.05, 0.1) is 24.3 Å². The van der Waals surface area contributed by atoms with E-state index in [0.717, 1.165) is 42.9 Å². The number of carbonyl (C=O) groups is 3. The molecule has 0 spiro atoms. The van der Waals surface area contributed by atoms with Crippen LogP contribution in [0.2, 0.25) is 0 Å². The van der Waals surface area contributed by atoms with Crippen LogP contribution < -0.4 is 0 Å². The molecule has 0 saturated carbocycles. The topological polar surface area (TPSA) is 74.1 Å². The molecular formula is C26H31NO5. The Bertz CT molecular complexity index is 1130. The van der Waals surface area contributed by atoms with Gasteiger partial charge in [-0.15, -0.1) is 0 Å². The van der Waals surface area contributed by atoms with Crippen molar-refractivity contribution >= 4 is 34.0 Å². The molecule has 1 aromatic carbocycles. The third kappa shape index (κ3) is 4.69. The molecule has 6 heteroatoms. The predicted molar refractivity (Wildman–Crippen MR) is 125 cm³/mol. The van der Waals surface area contributed by atoms with E-state index in [0.29, 0.717) is 11.9 Å². The molecule has 0 saturated heterocycles. The molecule has 0 aliphatic rings. The predicted octanol–water partition coefficient (Wildman–Crippen LogP) is 5.99. The lowest BCUT2D eigenvalue weighted by molar-refractivity contribution is 0.0473. The summed E-state index contributed by atoms with van der Waals surface area (Å²) >= 11 is 0. The van der Waals surface area contributed by atoms with E-state index in [1.807, 2.05) is 30.3 Å². The fourth-order valence-corrected chi connectivity index (χ4v) is 4.10. The van der Waals surface area contributed by atoms with Gasteiger partial charge in [0.25, 0.3) is 0 Å². The second kappa shape index (κ2) is 10.9. The molecule has 0 aliphatic carbocycles. The van der Waals surface area contributed by atoms with Crippen molar-refractivity contribution in [2.75, 3.05) is 13.2 Å². The Morgan fingerprint density at radius 3 is 2.22 bits per heavy atom. The summed E-state index contributed by atoms with van der Waals surface area (Å²) in [6, 6.07) is 9.49. The number of rotatable bonds is 11. The smallest absolute Gasteiger partial charge is 0.356 e. The van der Waals surface area contributed by atoms with Gasteiger partial charge < -0.3 is 13.9 Å². The molecule has 0 amide bonds. The van der Waals surface area contributed by atoms with Crippen LogP contribution >= 0.6 is 0 Å². The van der Waals surface area contributed by atoms with Gasteiger partial charge in [-0.2, -0.15) is 0 Å². The molecule has 3 aromatic rings. The van der Waals surface area contributed by atoms with Crippen molar-refractivity contribution in [2.24, 2.45) is 0 Å². The number of pyridine rings is 1. The average Bonchev–Trinajstić information content (AvgIpc) is 3.15. The Balaban J connectivity index is 2.24. The molecule has 6 nitrogen and oxygen atoms in total. The minimum Gasteiger partial charge on any atom is -0.462 e. The van der Waals surface area contributed by atoms with E-state index in [2.05, 4.69) is 6.92 Å². The summed E-state index contributed by atoms with van der Waals surface area (Å²) in [5.74, 6) is -1.49. The van der Waals surface area contributed by atoms with Gasteiger partial charge in [0.15, 0.2) is 5.78 Å². The minimum absolute atomic E-state index is 0.000196. The van der Waals surface area contributed by atoms with E-state index in [9.17, 15) is 14.4 Å². The zero-order valence-corrected chi connectivity index (χ0v) is 19.1. The largest absolute Gasteiger partial charge is 0.462 e. The lowest BCUT2D eigenvalue weighted by atomic mass is 9.98. The lowest BCUT2D eigenvalue weighted by Crippen LogP contribution is -2.17. The quantitative estimate of drug-likeness (QED) is 0.209. The zero-order chi connectivity index (χ0) is 23.1. The number of hydrogen-bond acceptors (Lipinski definition) is 5. The van der Waals surface area contributed by atoms with Crippen molar-refractivity contribution in [2.45, 2.75) is 59.3 Å². The number of aromatic nitrogens is 1.